The molecule has 0 bridgehead atoms. The second kappa shape index (κ2) is 14.8. The van der Waals surface area contributed by atoms with E-state index in [1.54, 1.807) is 4.40 Å². The molecular formula is C37H42N4O4. The summed E-state index contributed by atoms with van der Waals surface area (Å²) in [7, 11) is 0. The Morgan fingerprint density at radius 1 is 0.822 bits per heavy atom. The number of hydrogen-bond acceptors (Lipinski definition) is 6. The van der Waals surface area contributed by atoms with Crippen LogP contribution in [-0.4, -0.2) is 44.3 Å². The smallest absolute Gasteiger partial charge is 0.407 e. The Labute approximate surface area is 265 Å². The summed E-state index contributed by atoms with van der Waals surface area (Å²) in [6.45, 7) is 6.78. The summed E-state index contributed by atoms with van der Waals surface area (Å²) in [6.07, 6.45) is 6.37. The van der Waals surface area contributed by atoms with Gasteiger partial charge in [0, 0.05) is 31.1 Å². The SMILES string of the molecule is CC(C)(C)OC(=O)NCCCCCCOc1cccc(Cc2nc3c(Cc4ccccc4)nc(-c4ccccc4)cn3c2O)c1. The van der Waals surface area contributed by atoms with Crippen LogP contribution in [0, 0.1) is 0 Å². The van der Waals surface area contributed by atoms with Gasteiger partial charge < -0.3 is 19.9 Å². The molecule has 2 N–H and O–H groups in total. The van der Waals surface area contributed by atoms with Crippen LogP contribution in [0.1, 0.15) is 69.0 Å². The molecule has 3 aromatic carbocycles. The first-order valence-corrected chi connectivity index (χ1v) is 15.6. The minimum atomic E-state index is -0.484. The van der Waals surface area contributed by atoms with E-state index in [-0.39, 0.29) is 12.0 Å². The molecule has 8 heteroatoms. The zero-order valence-corrected chi connectivity index (χ0v) is 26.3. The van der Waals surface area contributed by atoms with Gasteiger partial charge in [-0.15, -0.1) is 0 Å². The van der Waals surface area contributed by atoms with Gasteiger partial charge in [-0.2, -0.15) is 0 Å². The number of fused-ring (bicyclic) bond motifs is 1. The van der Waals surface area contributed by atoms with Crippen molar-refractivity contribution in [2.45, 2.75) is 64.9 Å². The van der Waals surface area contributed by atoms with Crippen molar-refractivity contribution in [1.29, 1.82) is 0 Å². The van der Waals surface area contributed by atoms with E-state index < -0.39 is 5.60 Å². The van der Waals surface area contributed by atoms with Crippen LogP contribution in [0.4, 0.5) is 4.79 Å². The van der Waals surface area contributed by atoms with Gasteiger partial charge in [0.05, 0.1) is 18.0 Å². The van der Waals surface area contributed by atoms with Crippen LogP contribution in [-0.2, 0) is 17.6 Å². The molecule has 0 fully saturated rings. The number of aromatic hydroxyl groups is 1. The van der Waals surface area contributed by atoms with E-state index in [1.165, 1.54) is 0 Å². The largest absolute Gasteiger partial charge is 0.494 e. The average molecular weight is 607 g/mol. The molecule has 2 heterocycles. The number of amides is 1. The molecule has 45 heavy (non-hydrogen) atoms. The predicted octanol–water partition coefficient (Wildman–Crippen LogP) is 7.75. The summed E-state index contributed by atoms with van der Waals surface area (Å²) in [5, 5.41) is 14.1. The number of rotatable bonds is 13. The topological polar surface area (TPSA) is 98.0 Å². The van der Waals surface area contributed by atoms with Crippen molar-refractivity contribution in [2.24, 2.45) is 0 Å². The minimum absolute atomic E-state index is 0.117. The van der Waals surface area contributed by atoms with Gasteiger partial charge in [0.15, 0.2) is 5.65 Å². The van der Waals surface area contributed by atoms with Crippen molar-refractivity contribution in [1.82, 2.24) is 19.7 Å². The average Bonchev–Trinajstić information content (AvgIpc) is 3.33. The molecule has 0 saturated heterocycles. The predicted molar refractivity (Wildman–Crippen MR) is 177 cm³/mol. The first kappa shape index (κ1) is 31.6. The molecule has 0 atom stereocenters. The van der Waals surface area contributed by atoms with E-state index in [0.29, 0.717) is 37.3 Å². The molecule has 8 nitrogen and oxygen atoms in total. The number of nitrogens with one attached hydrogen (secondary N) is 1. The third-order valence-corrected chi connectivity index (χ3v) is 7.28. The molecule has 1 amide bonds. The van der Waals surface area contributed by atoms with Crippen LogP contribution in [0.15, 0.2) is 91.1 Å². The quantitative estimate of drug-likeness (QED) is 0.133. The Kier molecular flexibility index (Phi) is 10.3. The van der Waals surface area contributed by atoms with Crippen LogP contribution in [0.5, 0.6) is 11.6 Å². The Balaban J connectivity index is 1.21. The van der Waals surface area contributed by atoms with E-state index in [4.69, 9.17) is 19.4 Å². The Hall–Kier alpha value is -4.85. The molecule has 2 aromatic heterocycles. The van der Waals surface area contributed by atoms with Gasteiger partial charge in [-0.25, -0.2) is 14.8 Å². The molecule has 0 radical (unpaired) electrons. The number of imidazole rings is 1. The number of nitrogens with zero attached hydrogens (tertiary/aromatic N) is 3. The first-order chi connectivity index (χ1) is 21.7. The van der Waals surface area contributed by atoms with Crippen LogP contribution in [0.3, 0.4) is 0 Å². The van der Waals surface area contributed by atoms with Crippen LogP contribution in [0.2, 0.25) is 0 Å². The zero-order valence-electron chi connectivity index (χ0n) is 26.3. The fraction of sp³-hybridized carbons (Fsp3) is 0.324. The van der Waals surface area contributed by atoms with Crippen molar-refractivity contribution < 1.29 is 19.4 Å². The highest BCUT2D eigenvalue weighted by Crippen LogP contribution is 2.29. The number of unbranched alkanes of at least 4 members (excludes halogenated alkanes) is 3. The fourth-order valence-corrected chi connectivity index (χ4v) is 5.13. The molecule has 234 valence electrons. The van der Waals surface area contributed by atoms with E-state index >= 15 is 0 Å². The highest BCUT2D eigenvalue weighted by molar-refractivity contribution is 5.67. The van der Waals surface area contributed by atoms with E-state index in [9.17, 15) is 9.90 Å². The van der Waals surface area contributed by atoms with Crippen molar-refractivity contribution in [2.75, 3.05) is 13.2 Å². The first-order valence-electron chi connectivity index (χ1n) is 15.6. The van der Waals surface area contributed by atoms with Gasteiger partial charge in [0.2, 0.25) is 5.88 Å². The maximum Gasteiger partial charge on any atom is 0.407 e. The lowest BCUT2D eigenvalue weighted by Crippen LogP contribution is -2.32. The Morgan fingerprint density at radius 2 is 1.51 bits per heavy atom. The van der Waals surface area contributed by atoms with Crippen molar-refractivity contribution in [3.8, 4) is 22.9 Å². The Morgan fingerprint density at radius 3 is 2.27 bits per heavy atom. The van der Waals surface area contributed by atoms with Gasteiger partial charge in [-0.1, -0.05) is 85.6 Å². The molecule has 0 saturated carbocycles. The molecule has 5 rings (SSSR count). The minimum Gasteiger partial charge on any atom is -0.494 e. The zero-order chi connectivity index (χ0) is 31.6. The number of benzene rings is 3. The summed E-state index contributed by atoms with van der Waals surface area (Å²) in [4.78, 5) is 21.6. The maximum absolute atomic E-state index is 11.7. The second-order valence-corrected chi connectivity index (χ2v) is 12.2. The normalized spacial score (nSPS) is 11.4. The van der Waals surface area contributed by atoms with Crippen LogP contribution in [0.25, 0.3) is 16.9 Å². The molecule has 0 spiro atoms. The third-order valence-electron chi connectivity index (χ3n) is 7.28. The summed E-state index contributed by atoms with van der Waals surface area (Å²) < 4.78 is 13.0. The standard InChI is InChI=1S/C37H42N4O4/c1-37(2,3)45-36(43)38-21-12-4-5-13-22-44-30-20-14-17-28(23-30)25-32-35(42)41-26-33(29-18-10-7-11-19-29)39-31(34(41)40-32)24-27-15-8-6-9-16-27/h6-11,14-20,23,26,42H,4-5,12-13,21-22,24-25H2,1-3H3,(H,38,43). The second-order valence-electron chi connectivity index (χ2n) is 12.2. The lowest BCUT2D eigenvalue weighted by molar-refractivity contribution is 0.0527. The van der Waals surface area contributed by atoms with Crippen molar-refractivity contribution >= 4 is 11.7 Å². The number of aromatic nitrogens is 3. The van der Waals surface area contributed by atoms with Gasteiger partial charge >= 0.3 is 6.09 Å². The van der Waals surface area contributed by atoms with Gasteiger partial charge in [0.1, 0.15) is 17.0 Å². The molecule has 0 aliphatic heterocycles. The molecule has 0 aliphatic rings. The molecule has 0 aliphatic carbocycles. The Bertz CT molecular complexity index is 1690. The monoisotopic (exact) mass is 606 g/mol. The third kappa shape index (κ3) is 9.08. The number of carbonyl (C=O) groups excluding carboxylic acids is 1. The molecule has 0 unspecified atom stereocenters. The van der Waals surface area contributed by atoms with E-state index in [1.807, 2.05) is 99.8 Å². The maximum atomic E-state index is 11.7. The number of hydrogen-bond donors (Lipinski definition) is 2. The highest BCUT2D eigenvalue weighted by atomic mass is 16.6. The highest BCUT2D eigenvalue weighted by Gasteiger charge is 2.18. The van der Waals surface area contributed by atoms with Crippen molar-refractivity contribution in [3.05, 3.63) is 114 Å². The van der Waals surface area contributed by atoms with Gasteiger partial charge in [0.25, 0.3) is 0 Å². The van der Waals surface area contributed by atoms with E-state index in [2.05, 4.69) is 17.4 Å². The molecular weight excluding hydrogens is 564 g/mol. The van der Waals surface area contributed by atoms with Gasteiger partial charge in [-0.3, -0.25) is 4.40 Å². The summed E-state index contributed by atoms with van der Waals surface area (Å²) >= 11 is 0. The lowest BCUT2D eigenvalue weighted by atomic mass is 10.1. The van der Waals surface area contributed by atoms with Gasteiger partial charge in [-0.05, 0) is 56.9 Å². The van der Waals surface area contributed by atoms with Crippen LogP contribution >= 0.6 is 0 Å². The number of carbonyl (C=O) groups is 1. The lowest BCUT2D eigenvalue weighted by Gasteiger charge is -2.19. The molecule has 5 aromatic rings. The summed E-state index contributed by atoms with van der Waals surface area (Å²) in [5.74, 6) is 0.909. The fourth-order valence-electron chi connectivity index (χ4n) is 5.13. The summed E-state index contributed by atoms with van der Waals surface area (Å²) in [6, 6.07) is 28.1. The number of alkyl carbamates (subject to hydrolysis) is 1. The summed E-state index contributed by atoms with van der Waals surface area (Å²) in [5.41, 5.74) is 5.45. The van der Waals surface area contributed by atoms with E-state index in [0.717, 1.165) is 59.5 Å². The van der Waals surface area contributed by atoms with Crippen molar-refractivity contribution in [3.63, 3.8) is 0 Å². The number of ether oxygens (including phenoxy) is 2. The van der Waals surface area contributed by atoms with Crippen LogP contribution < -0.4 is 10.1 Å².